The van der Waals surface area contributed by atoms with Crippen molar-refractivity contribution in [1.82, 2.24) is 24.9 Å². The first kappa shape index (κ1) is 15.3. The quantitative estimate of drug-likeness (QED) is 0.541. The number of carbonyl (C=O) groups excluding carboxylic acids is 1. The minimum absolute atomic E-state index is 0.0883. The lowest BCUT2D eigenvalue weighted by Gasteiger charge is -2.14. The molecule has 128 valence electrons. The van der Waals surface area contributed by atoms with E-state index in [0.717, 1.165) is 30.7 Å². The van der Waals surface area contributed by atoms with Gasteiger partial charge in [-0.1, -0.05) is 6.07 Å². The molecule has 4 rings (SSSR count). The maximum atomic E-state index is 11.7. The van der Waals surface area contributed by atoms with E-state index in [2.05, 4.69) is 31.0 Å². The van der Waals surface area contributed by atoms with Crippen molar-refractivity contribution in [3.05, 3.63) is 42.5 Å². The van der Waals surface area contributed by atoms with Crippen LogP contribution in [0.3, 0.4) is 0 Å². The van der Waals surface area contributed by atoms with Crippen molar-refractivity contribution in [2.24, 2.45) is 5.73 Å². The van der Waals surface area contributed by atoms with Gasteiger partial charge < -0.3 is 21.7 Å². The van der Waals surface area contributed by atoms with Crippen LogP contribution < -0.4 is 21.7 Å². The Hall–Kier alpha value is -3.20. The van der Waals surface area contributed by atoms with Gasteiger partial charge in [0.2, 0.25) is 0 Å². The Labute approximate surface area is 143 Å². The summed E-state index contributed by atoms with van der Waals surface area (Å²) >= 11 is 0. The number of nitrogens with two attached hydrogens (primary N) is 1. The molecule has 1 saturated heterocycles. The minimum Gasteiger partial charge on any atom is -0.365 e. The average molecular weight is 338 g/mol. The Bertz CT molecular complexity index is 915. The van der Waals surface area contributed by atoms with Gasteiger partial charge in [-0.15, -0.1) is 0 Å². The summed E-state index contributed by atoms with van der Waals surface area (Å²) < 4.78 is 1.73. The SMILES string of the molecule is NC(=O)c1ncc(N[C@@H]2CCNC2)nc1Nc1cnn2ccccc12. The van der Waals surface area contributed by atoms with Gasteiger partial charge in [0.15, 0.2) is 11.5 Å². The first-order chi connectivity index (χ1) is 12.2. The fourth-order valence-corrected chi connectivity index (χ4v) is 2.87. The van der Waals surface area contributed by atoms with Crippen molar-refractivity contribution < 1.29 is 4.79 Å². The lowest BCUT2D eigenvalue weighted by atomic mass is 10.2. The molecule has 9 heteroatoms. The number of aromatic nitrogens is 4. The van der Waals surface area contributed by atoms with Gasteiger partial charge in [-0.2, -0.15) is 5.10 Å². The topological polar surface area (TPSA) is 122 Å². The number of hydrogen-bond acceptors (Lipinski definition) is 7. The van der Waals surface area contributed by atoms with Crippen LogP contribution in [-0.4, -0.2) is 44.6 Å². The zero-order chi connectivity index (χ0) is 17.2. The molecule has 9 nitrogen and oxygen atoms in total. The summed E-state index contributed by atoms with van der Waals surface area (Å²) in [6.07, 6.45) is 6.05. The highest BCUT2D eigenvalue weighted by Crippen LogP contribution is 2.23. The molecule has 0 radical (unpaired) electrons. The van der Waals surface area contributed by atoms with Crippen molar-refractivity contribution in [2.75, 3.05) is 23.7 Å². The maximum absolute atomic E-state index is 11.7. The van der Waals surface area contributed by atoms with E-state index in [1.165, 1.54) is 6.20 Å². The molecule has 4 heterocycles. The molecule has 3 aromatic rings. The Balaban J connectivity index is 1.67. The van der Waals surface area contributed by atoms with E-state index in [0.29, 0.717) is 17.7 Å². The lowest BCUT2D eigenvalue weighted by molar-refractivity contribution is 0.0996. The van der Waals surface area contributed by atoms with Gasteiger partial charge in [0.1, 0.15) is 5.82 Å². The first-order valence-corrected chi connectivity index (χ1v) is 8.04. The lowest BCUT2D eigenvalue weighted by Crippen LogP contribution is -2.24. The number of pyridine rings is 1. The van der Waals surface area contributed by atoms with Crippen molar-refractivity contribution >= 4 is 28.7 Å². The third-order valence-corrected chi connectivity index (χ3v) is 4.10. The number of nitrogens with zero attached hydrogens (tertiary/aromatic N) is 4. The zero-order valence-corrected chi connectivity index (χ0v) is 13.4. The number of nitrogens with one attached hydrogen (secondary N) is 3. The normalized spacial score (nSPS) is 16.9. The predicted molar refractivity (Wildman–Crippen MR) is 93.9 cm³/mol. The van der Waals surface area contributed by atoms with Crippen LogP contribution in [0.1, 0.15) is 16.9 Å². The number of primary amides is 1. The summed E-state index contributed by atoms with van der Waals surface area (Å²) in [6, 6.07) is 6.00. The highest BCUT2D eigenvalue weighted by molar-refractivity contribution is 5.97. The van der Waals surface area contributed by atoms with E-state index in [1.54, 1.807) is 10.7 Å². The summed E-state index contributed by atoms with van der Waals surface area (Å²) in [5.74, 6) is 0.264. The van der Waals surface area contributed by atoms with Crippen LogP contribution in [0.15, 0.2) is 36.8 Å². The molecule has 25 heavy (non-hydrogen) atoms. The van der Waals surface area contributed by atoms with Gasteiger partial charge in [-0.05, 0) is 25.1 Å². The fourth-order valence-electron chi connectivity index (χ4n) is 2.87. The van der Waals surface area contributed by atoms with Crippen LogP contribution in [0.5, 0.6) is 0 Å². The van der Waals surface area contributed by atoms with Crippen molar-refractivity contribution in [1.29, 1.82) is 0 Å². The standard InChI is InChI=1S/C16H18N8O/c17-15(25)14-16(22-11-8-20-24-6-2-1-3-12(11)24)23-13(9-19-14)21-10-4-5-18-7-10/h1-3,6,8-10,18H,4-5,7H2,(H2,17,25)(H2,21,22,23)/t10-/m1/s1. The van der Waals surface area contributed by atoms with Crippen molar-refractivity contribution in [3.8, 4) is 0 Å². The summed E-state index contributed by atoms with van der Waals surface area (Å²) in [5.41, 5.74) is 7.10. The van der Waals surface area contributed by atoms with E-state index < -0.39 is 5.91 Å². The van der Waals surface area contributed by atoms with E-state index >= 15 is 0 Å². The highest BCUT2D eigenvalue weighted by atomic mass is 16.1. The summed E-state index contributed by atoms with van der Waals surface area (Å²) in [5, 5.41) is 14.0. The zero-order valence-electron chi connectivity index (χ0n) is 13.4. The van der Waals surface area contributed by atoms with E-state index in [1.807, 2.05) is 24.4 Å². The molecule has 0 spiro atoms. The van der Waals surface area contributed by atoms with Crippen LogP contribution in [0, 0.1) is 0 Å². The smallest absolute Gasteiger partial charge is 0.271 e. The number of hydrogen-bond donors (Lipinski definition) is 4. The summed E-state index contributed by atoms with van der Waals surface area (Å²) in [4.78, 5) is 20.4. The largest absolute Gasteiger partial charge is 0.365 e. The Kier molecular flexibility index (Phi) is 3.90. The summed E-state index contributed by atoms with van der Waals surface area (Å²) in [7, 11) is 0. The molecule has 1 amide bonds. The molecule has 0 aliphatic carbocycles. The molecule has 0 saturated carbocycles. The molecule has 1 fully saturated rings. The fraction of sp³-hybridized carbons (Fsp3) is 0.250. The second-order valence-corrected chi connectivity index (χ2v) is 5.86. The number of carbonyl (C=O) groups is 1. The van der Waals surface area contributed by atoms with Gasteiger partial charge >= 0.3 is 0 Å². The van der Waals surface area contributed by atoms with E-state index in [4.69, 9.17) is 5.73 Å². The molecule has 0 unspecified atom stereocenters. The molecule has 1 aliphatic rings. The predicted octanol–water partition coefficient (Wildman–Crippen LogP) is 0.741. The second kappa shape index (κ2) is 6.36. The highest BCUT2D eigenvalue weighted by Gasteiger charge is 2.18. The average Bonchev–Trinajstić information content (AvgIpc) is 3.25. The molecule has 0 bridgehead atoms. The minimum atomic E-state index is -0.638. The van der Waals surface area contributed by atoms with Crippen LogP contribution in [-0.2, 0) is 0 Å². The Morgan fingerprint density at radius 1 is 1.36 bits per heavy atom. The number of rotatable bonds is 5. The Morgan fingerprint density at radius 2 is 2.28 bits per heavy atom. The van der Waals surface area contributed by atoms with Gasteiger partial charge in [0.05, 0.1) is 23.6 Å². The van der Waals surface area contributed by atoms with Crippen LogP contribution >= 0.6 is 0 Å². The van der Waals surface area contributed by atoms with Crippen LogP contribution in [0.25, 0.3) is 5.52 Å². The number of fused-ring (bicyclic) bond motifs is 1. The first-order valence-electron chi connectivity index (χ1n) is 8.04. The van der Waals surface area contributed by atoms with E-state index in [9.17, 15) is 4.79 Å². The third kappa shape index (κ3) is 3.09. The van der Waals surface area contributed by atoms with Crippen LogP contribution in [0.2, 0.25) is 0 Å². The van der Waals surface area contributed by atoms with Crippen molar-refractivity contribution in [2.45, 2.75) is 12.5 Å². The molecule has 5 N–H and O–H groups in total. The van der Waals surface area contributed by atoms with Gasteiger partial charge in [-0.25, -0.2) is 14.5 Å². The molecule has 3 aromatic heterocycles. The third-order valence-electron chi connectivity index (χ3n) is 4.10. The molecular formula is C16H18N8O. The molecule has 1 atom stereocenters. The van der Waals surface area contributed by atoms with Crippen molar-refractivity contribution in [3.63, 3.8) is 0 Å². The van der Waals surface area contributed by atoms with Gasteiger partial charge in [-0.3, -0.25) is 4.79 Å². The van der Waals surface area contributed by atoms with Gasteiger partial charge in [0.25, 0.3) is 5.91 Å². The number of anilines is 3. The summed E-state index contributed by atoms with van der Waals surface area (Å²) in [6.45, 7) is 1.84. The maximum Gasteiger partial charge on any atom is 0.271 e. The molecule has 0 aromatic carbocycles. The molecule has 1 aliphatic heterocycles. The van der Waals surface area contributed by atoms with Gasteiger partial charge in [0, 0.05) is 18.8 Å². The van der Waals surface area contributed by atoms with E-state index in [-0.39, 0.29) is 5.69 Å². The monoisotopic (exact) mass is 338 g/mol. The van der Waals surface area contributed by atoms with Crippen LogP contribution in [0.4, 0.5) is 17.3 Å². The Morgan fingerprint density at radius 3 is 3.08 bits per heavy atom. The second-order valence-electron chi connectivity index (χ2n) is 5.86. The molecular weight excluding hydrogens is 320 g/mol. The number of amides is 1.